The number of aliphatic hydroxyl groups is 1. The van der Waals surface area contributed by atoms with Crippen LogP contribution in [0.25, 0.3) is 0 Å². The number of amides is 1. The first kappa shape index (κ1) is 14.2. The number of aromatic nitrogens is 1. The number of hydrogen-bond donors (Lipinski definition) is 3. The van der Waals surface area contributed by atoms with Gasteiger partial charge in [-0.05, 0) is 24.7 Å². The Labute approximate surface area is 114 Å². The highest BCUT2D eigenvalue weighted by Crippen LogP contribution is 2.47. The molecule has 0 radical (unpaired) electrons. The Balaban J connectivity index is 2.07. The minimum atomic E-state index is -0.680. The summed E-state index contributed by atoms with van der Waals surface area (Å²) >= 11 is 0. The maximum Gasteiger partial charge on any atom is 0.286 e. The van der Waals surface area contributed by atoms with Crippen molar-refractivity contribution in [2.45, 2.75) is 19.3 Å². The molecule has 3 N–H and O–H groups in total. The predicted molar refractivity (Wildman–Crippen MR) is 69.4 cm³/mol. The minimum Gasteiger partial charge on any atom is -0.396 e. The van der Waals surface area contributed by atoms with E-state index in [4.69, 9.17) is 5.11 Å². The number of aromatic amines is 1. The topological polar surface area (TPSA) is 125 Å². The Morgan fingerprint density at radius 1 is 1.55 bits per heavy atom. The van der Waals surface area contributed by atoms with Crippen LogP contribution in [-0.4, -0.2) is 34.1 Å². The van der Waals surface area contributed by atoms with Crippen molar-refractivity contribution in [1.82, 2.24) is 10.3 Å². The summed E-state index contributed by atoms with van der Waals surface area (Å²) in [5, 5.41) is 22.1. The van der Waals surface area contributed by atoms with E-state index in [-0.39, 0.29) is 23.3 Å². The van der Waals surface area contributed by atoms with E-state index in [1.165, 1.54) is 0 Å². The van der Waals surface area contributed by atoms with Crippen molar-refractivity contribution in [1.29, 1.82) is 0 Å². The van der Waals surface area contributed by atoms with Gasteiger partial charge in [0.2, 0.25) is 0 Å². The lowest BCUT2D eigenvalue weighted by Gasteiger charge is -2.14. The van der Waals surface area contributed by atoms with Crippen molar-refractivity contribution < 1.29 is 14.8 Å². The van der Waals surface area contributed by atoms with Gasteiger partial charge in [0, 0.05) is 19.2 Å². The quantitative estimate of drug-likeness (QED) is 0.506. The van der Waals surface area contributed by atoms with Crippen LogP contribution in [0, 0.1) is 15.5 Å². The van der Waals surface area contributed by atoms with E-state index in [1.807, 2.05) is 0 Å². The Hall–Kier alpha value is -2.22. The number of nitro groups is 1. The van der Waals surface area contributed by atoms with E-state index in [0.29, 0.717) is 13.0 Å². The third-order valence-electron chi connectivity index (χ3n) is 3.57. The van der Waals surface area contributed by atoms with Crippen molar-refractivity contribution in [3.63, 3.8) is 0 Å². The summed E-state index contributed by atoms with van der Waals surface area (Å²) in [6.45, 7) is 0.405. The zero-order valence-corrected chi connectivity index (χ0v) is 10.7. The second-order valence-electron chi connectivity index (χ2n) is 5.01. The molecule has 0 saturated heterocycles. The largest absolute Gasteiger partial charge is 0.396 e. The van der Waals surface area contributed by atoms with Gasteiger partial charge in [-0.1, -0.05) is 0 Å². The molecule has 0 atom stereocenters. The average Bonchev–Trinajstić information content (AvgIpc) is 3.17. The number of H-pyrrole nitrogens is 1. The monoisotopic (exact) mass is 281 g/mol. The summed E-state index contributed by atoms with van der Waals surface area (Å²) in [7, 11) is 0. The van der Waals surface area contributed by atoms with Crippen LogP contribution in [0.1, 0.15) is 29.6 Å². The number of carbonyl (C=O) groups is 1. The molecule has 0 aromatic carbocycles. The highest BCUT2D eigenvalue weighted by Gasteiger charge is 2.42. The van der Waals surface area contributed by atoms with Gasteiger partial charge in [-0.2, -0.15) is 0 Å². The molecule has 0 aliphatic heterocycles. The number of aliphatic hydroxyl groups excluding tert-OH is 1. The third-order valence-corrected chi connectivity index (χ3v) is 3.57. The molecule has 1 aliphatic rings. The molecule has 1 saturated carbocycles. The molecule has 1 aliphatic carbocycles. The molecule has 2 rings (SSSR count). The molecule has 0 spiro atoms. The smallest absolute Gasteiger partial charge is 0.286 e. The van der Waals surface area contributed by atoms with Gasteiger partial charge in [-0.3, -0.25) is 19.7 Å². The van der Waals surface area contributed by atoms with E-state index in [2.05, 4.69) is 10.3 Å². The lowest BCUT2D eigenvalue weighted by atomic mass is 10.0. The second-order valence-corrected chi connectivity index (χ2v) is 5.01. The number of nitrogens with one attached hydrogen (secondary N) is 2. The van der Waals surface area contributed by atoms with Gasteiger partial charge in [0.15, 0.2) is 0 Å². The third kappa shape index (κ3) is 3.02. The van der Waals surface area contributed by atoms with Crippen molar-refractivity contribution in [3.8, 4) is 0 Å². The zero-order valence-electron chi connectivity index (χ0n) is 10.7. The van der Waals surface area contributed by atoms with Gasteiger partial charge < -0.3 is 15.4 Å². The van der Waals surface area contributed by atoms with Crippen molar-refractivity contribution in [2.75, 3.05) is 13.2 Å². The average molecular weight is 281 g/mol. The number of rotatable bonds is 6. The molecule has 108 valence electrons. The van der Waals surface area contributed by atoms with Crippen molar-refractivity contribution >= 4 is 11.6 Å². The highest BCUT2D eigenvalue weighted by molar-refractivity contribution is 5.94. The van der Waals surface area contributed by atoms with Crippen LogP contribution in [0.3, 0.4) is 0 Å². The Bertz CT molecular complexity index is 591. The van der Waals surface area contributed by atoms with E-state index < -0.39 is 16.4 Å². The van der Waals surface area contributed by atoms with E-state index in [0.717, 1.165) is 25.1 Å². The van der Waals surface area contributed by atoms with Gasteiger partial charge in [-0.25, -0.2) is 0 Å². The molecule has 1 amide bonds. The SMILES string of the molecule is O=C(NCC1(CCO)CC1)c1cc([N+](=O)[O-])c[nH]c1=O. The van der Waals surface area contributed by atoms with E-state index in [1.54, 1.807) is 0 Å². The fraction of sp³-hybridized carbons (Fsp3) is 0.500. The van der Waals surface area contributed by atoms with Crippen LogP contribution in [0.4, 0.5) is 5.69 Å². The molecule has 20 heavy (non-hydrogen) atoms. The second kappa shape index (κ2) is 5.41. The predicted octanol–water partition coefficient (Wildman–Crippen LogP) is 0.175. The lowest BCUT2D eigenvalue weighted by Crippen LogP contribution is -2.34. The summed E-state index contributed by atoms with van der Waals surface area (Å²) in [5.41, 5.74) is -1.37. The molecule has 1 aromatic rings. The maximum atomic E-state index is 11.9. The van der Waals surface area contributed by atoms with Gasteiger partial charge in [0.25, 0.3) is 17.2 Å². The van der Waals surface area contributed by atoms with Gasteiger partial charge in [0.05, 0.1) is 11.1 Å². The Morgan fingerprint density at radius 2 is 2.25 bits per heavy atom. The molecule has 0 unspecified atom stereocenters. The van der Waals surface area contributed by atoms with Crippen LogP contribution in [0.2, 0.25) is 0 Å². The van der Waals surface area contributed by atoms with Gasteiger partial charge in [-0.15, -0.1) is 0 Å². The first-order valence-electron chi connectivity index (χ1n) is 6.24. The fourth-order valence-corrected chi connectivity index (χ4v) is 2.04. The molecule has 1 heterocycles. The van der Waals surface area contributed by atoms with Crippen LogP contribution >= 0.6 is 0 Å². The van der Waals surface area contributed by atoms with Crippen molar-refractivity contribution in [2.24, 2.45) is 5.41 Å². The summed E-state index contributed by atoms with van der Waals surface area (Å²) in [6.07, 6.45) is 3.38. The summed E-state index contributed by atoms with van der Waals surface area (Å²) < 4.78 is 0. The van der Waals surface area contributed by atoms with Gasteiger partial charge in [0.1, 0.15) is 5.56 Å². The zero-order chi connectivity index (χ0) is 14.8. The summed E-state index contributed by atoms with van der Waals surface area (Å²) in [4.78, 5) is 35.5. The normalized spacial score (nSPS) is 15.7. The summed E-state index contributed by atoms with van der Waals surface area (Å²) in [6, 6.07) is 0.958. The van der Waals surface area contributed by atoms with Crippen LogP contribution < -0.4 is 10.9 Å². The maximum absolute atomic E-state index is 11.9. The molecular weight excluding hydrogens is 266 g/mol. The molecule has 0 bridgehead atoms. The fourth-order valence-electron chi connectivity index (χ4n) is 2.04. The first-order valence-corrected chi connectivity index (χ1v) is 6.24. The van der Waals surface area contributed by atoms with Crippen LogP contribution in [0.5, 0.6) is 0 Å². The van der Waals surface area contributed by atoms with Crippen molar-refractivity contribution in [3.05, 3.63) is 38.3 Å². The lowest BCUT2D eigenvalue weighted by molar-refractivity contribution is -0.385. The molecular formula is C12H15N3O5. The molecule has 1 aromatic heterocycles. The minimum absolute atomic E-state index is 0.0489. The Morgan fingerprint density at radius 3 is 2.80 bits per heavy atom. The van der Waals surface area contributed by atoms with Gasteiger partial charge >= 0.3 is 0 Å². The molecule has 1 fully saturated rings. The molecule has 8 nitrogen and oxygen atoms in total. The van der Waals surface area contributed by atoms with Crippen LogP contribution in [-0.2, 0) is 0 Å². The molecule has 8 heteroatoms. The van der Waals surface area contributed by atoms with E-state index >= 15 is 0 Å². The Kier molecular flexibility index (Phi) is 3.84. The number of pyridine rings is 1. The number of nitrogens with zero attached hydrogens (tertiary/aromatic N) is 1. The number of carbonyl (C=O) groups excluding carboxylic acids is 1. The van der Waals surface area contributed by atoms with E-state index in [9.17, 15) is 19.7 Å². The summed E-state index contributed by atoms with van der Waals surface area (Å²) in [5.74, 6) is -0.640. The number of hydrogen-bond acceptors (Lipinski definition) is 5. The van der Waals surface area contributed by atoms with Crippen LogP contribution in [0.15, 0.2) is 17.1 Å². The first-order chi connectivity index (χ1) is 9.47. The standard InChI is InChI=1S/C12H15N3O5/c16-4-3-12(1-2-12)7-14-11(18)9-5-8(15(19)20)6-13-10(9)17/h5-6,16H,1-4,7H2,(H,13,17)(H,14,18). The highest BCUT2D eigenvalue weighted by atomic mass is 16.6.